The van der Waals surface area contributed by atoms with Gasteiger partial charge in [-0.05, 0) is 47.2 Å². The third kappa shape index (κ3) is 3.56. The van der Waals surface area contributed by atoms with E-state index in [1.165, 1.54) is 6.92 Å². The normalized spacial score (nSPS) is 23.4. The molecule has 1 heterocycles. The predicted octanol–water partition coefficient (Wildman–Crippen LogP) is 4.01. The van der Waals surface area contributed by atoms with Crippen molar-refractivity contribution in [3.05, 3.63) is 101 Å². The van der Waals surface area contributed by atoms with Crippen LogP contribution < -0.4 is 5.32 Å². The number of rotatable bonds is 6. The average Bonchev–Trinajstić information content (AvgIpc) is 3.21. The SMILES string of the molecule is CCc1ccccc1NC(=O)COC(=O)[C@H](C)N1C(=O)[C@@H]2C3c4ccccc4C(c4ccccc43)[C@H]2C1=O. The van der Waals surface area contributed by atoms with Gasteiger partial charge < -0.3 is 10.1 Å². The number of nitrogens with zero attached hydrogens (tertiary/aromatic N) is 1. The number of ether oxygens (including phenoxy) is 1. The third-order valence-corrected chi connectivity index (χ3v) is 8.23. The van der Waals surface area contributed by atoms with E-state index in [2.05, 4.69) is 5.32 Å². The van der Waals surface area contributed by atoms with E-state index in [9.17, 15) is 19.2 Å². The summed E-state index contributed by atoms with van der Waals surface area (Å²) >= 11 is 0. The van der Waals surface area contributed by atoms with Gasteiger partial charge >= 0.3 is 5.97 Å². The van der Waals surface area contributed by atoms with E-state index < -0.39 is 36.4 Å². The number of nitrogens with one attached hydrogen (secondary N) is 1. The second-order valence-corrected chi connectivity index (χ2v) is 10.2. The summed E-state index contributed by atoms with van der Waals surface area (Å²) in [5.74, 6) is -3.61. The number of hydrogen-bond acceptors (Lipinski definition) is 5. The molecule has 7 heteroatoms. The van der Waals surface area contributed by atoms with Crippen LogP contribution in [0.2, 0.25) is 0 Å². The van der Waals surface area contributed by atoms with Crippen molar-refractivity contribution in [3.8, 4) is 0 Å². The summed E-state index contributed by atoms with van der Waals surface area (Å²) in [5, 5.41) is 2.76. The first kappa shape index (κ1) is 24.1. The van der Waals surface area contributed by atoms with Crippen molar-refractivity contribution in [2.24, 2.45) is 11.8 Å². The number of para-hydroxylation sites is 1. The molecular formula is C31H28N2O5. The largest absolute Gasteiger partial charge is 0.454 e. The van der Waals surface area contributed by atoms with Crippen LogP contribution in [0.3, 0.4) is 0 Å². The number of esters is 1. The van der Waals surface area contributed by atoms with Gasteiger partial charge in [0.1, 0.15) is 6.04 Å². The van der Waals surface area contributed by atoms with E-state index in [1.807, 2.05) is 73.7 Å². The molecule has 38 heavy (non-hydrogen) atoms. The van der Waals surface area contributed by atoms with Crippen molar-refractivity contribution in [1.82, 2.24) is 4.90 Å². The first-order valence-electron chi connectivity index (χ1n) is 13.0. The number of anilines is 1. The van der Waals surface area contributed by atoms with Gasteiger partial charge in [0.15, 0.2) is 6.61 Å². The van der Waals surface area contributed by atoms with Crippen molar-refractivity contribution in [1.29, 1.82) is 0 Å². The maximum absolute atomic E-state index is 13.8. The second kappa shape index (κ2) is 9.24. The molecule has 2 bridgehead atoms. The Balaban J connectivity index is 1.21. The van der Waals surface area contributed by atoms with Gasteiger partial charge in [0.05, 0.1) is 11.8 Å². The molecule has 4 aliphatic rings. The van der Waals surface area contributed by atoms with Crippen molar-refractivity contribution >= 4 is 29.4 Å². The zero-order valence-electron chi connectivity index (χ0n) is 21.2. The van der Waals surface area contributed by atoms with Crippen LogP contribution in [-0.2, 0) is 30.3 Å². The van der Waals surface area contributed by atoms with Crippen molar-refractivity contribution in [3.63, 3.8) is 0 Å². The molecule has 0 spiro atoms. The molecule has 7 rings (SSSR count). The van der Waals surface area contributed by atoms with Crippen LogP contribution in [0.5, 0.6) is 0 Å². The number of likely N-dealkylation sites (tertiary alicyclic amines) is 1. The molecule has 0 saturated carbocycles. The number of amides is 3. The molecule has 192 valence electrons. The first-order chi connectivity index (χ1) is 18.4. The molecule has 3 aromatic carbocycles. The van der Waals surface area contributed by atoms with E-state index in [1.54, 1.807) is 6.07 Å². The Bertz CT molecular complexity index is 1360. The Hall–Kier alpha value is -4.26. The third-order valence-electron chi connectivity index (χ3n) is 8.23. The van der Waals surface area contributed by atoms with Gasteiger partial charge in [-0.25, -0.2) is 4.79 Å². The smallest absolute Gasteiger partial charge is 0.329 e. The fraction of sp³-hybridized carbons (Fsp3) is 0.290. The van der Waals surface area contributed by atoms with Crippen LogP contribution in [0, 0.1) is 11.8 Å². The van der Waals surface area contributed by atoms with Gasteiger partial charge in [-0.2, -0.15) is 0 Å². The Morgan fingerprint density at radius 2 is 1.29 bits per heavy atom. The van der Waals surface area contributed by atoms with Gasteiger partial charge in [-0.15, -0.1) is 0 Å². The maximum Gasteiger partial charge on any atom is 0.329 e. The molecule has 0 aromatic heterocycles. The minimum Gasteiger partial charge on any atom is -0.454 e. The maximum atomic E-state index is 13.8. The minimum absolute atomic E-state index is 0.244. The van der Waals surface area contributed by atoms with Crippen LogP contribution in [0.4, 0.5) is 5.69 Å². The molecular weight excluding hydrogens is 480 g/mol. The highest BCUT2D eigenvalue weighted by Crippen LogP contribution is 2.61. The predicted molar refractivity (Wildman–Crippen MR) is 140 cm³/mol. The molecule has 3 amide bonds. The molecule has 3 atom stereocenters. The number of carbonyl (C=O) groups is 4. The summed E-state index contributed by atoms with van der Waals surface area (Å²) in [4.78, 5) is 54.1. The van der Waals surface area contributed by atoms with Crippen LogP contribution >= 0.6 is 0 Å². The monoisotopic (exact) mass is 508 g/mol. The number of benzene rings is 3. The van der Waals surface area contributed by atoms with Crippen molar-refractivity contribution in [2.45, 2.75) is 38.1 Å². The molecule has 1 N–H and O–H groups in total. The van der Waals surface area contributed by atoms with Gasteiger partial charge in [0.25, 0.3) is 5.91 Å². The lowest BCUT2D eigenvalue weighted by Gasteiger charge is -2.45. The molecule has 1 fully saturated rings. The zero-order valence-corrected chi connectivity index (χ0v) is 21.2. The van der Waals surface area contributed by atoms with Gasteiger partial charge in [-0.1, -0.05) is 73.7 Å². The molecule has 3 aliphatic carbocycles. The Morgan fingerprint density at radius 3 is 1.79 bits per heavy atom. The highest BCUT2D eigenvalue weighted by molar-refractivity contribution is 6.10. The lowest BCUT2D eigenvalue weighted by Crippen LogP contribution is -2.45. The fourth-order valence-electron chi connectivity index (χ4n) is 6.58. The number of hydrogen-bond donors (Lipinski definition) is 1. The number of carbonyl (C=O) groups excluding carboxylic acids is 4. The Morgan fingerprint density at radius 1 is 0.816 bits per heavy atom. The van der Waals surface area contributed by atoms with Crippen molar-refractivity contribution < 1.29 is 23.9 Å². The van der Waals surface area contributed by atoms with E-state index in [0.717, 1.165) is 39.1 Å². The molecule has 1 saturated heterocycles. The summed E-state index contributed by atoms with van der Waals surface area (Å²) in [6.45, 7) is 2.96. The van der Waals surface area contributed by atoms with E-state index >= 15 is 0 Å². The van der Waals surface area contributed by atoms with E-state index in [0.29, 0.717) is 5.69 Å². The molecule has 1 aliphatic heterocycles. The fourth-order valence-corrected chi connectivity index (χ4v) is 6.58. The summed E-state index contributed by atoms with van der Waals surface area (Å²) in [5.41, 5.74) is 5.90. The van der Waals surface area contributed by atoms with Crippen molar-refractivity contribution in [2.75, 3.05) is 11.9 Å². The molecule has 0 radical (unpaired) electrons. The lowest BCUT2D eigenvalue weighted by atomic mass is 9.55. The minimum atomic E-state index is -1.14. The molecule has 7 nitrogen and oxygen atoms in total. The summed E-state index contributed by atoms with van der Waals surface area (Å²) < 4.78 is 5.27. The molecule has 3 aromatic rings. The first-order valence-corrected chi connectivity index (χ1v) is 13.0. The quantitative estimate of drug-likeness (QED) is 0.401. The van der Waals surface area contributed by atoms with Gasteiger partial charge in [-0.3, -0.25) is 19.3 Å². The van der Waals surface area contributed by atoms with Crippen LogP contribution in [0.15, 0.2) is 72.8 Å². The highest BCUT2D eigenvalue weighted by atomic mass is 16.5. The Labute approximate surface area is 220 Å². The van der Waals surface area contributed by atoms with Crippen LogP contribution in [0.1, 0.15) is 53.5 Å². The number of aryl methyl sites for hydroxylation is 1. The molecule has 0 unspecified atom stereocenters. The average molecular weight is 509 g/mol. The highest BCUT2D eigenvalue weighted by Gasteiger charge is 2.62. The van der Waals surface area contributed by atoms with Gasteiger partial charge in [0, 0.05) is 17.5 Å². The van der Waals surface area contributed by atoms with E-state index in [-0.39, 0.29) is 23.7 Å². The Kier molecular flexibility index (Phi) is 5.86. The topological polar surface area (TPSA) is 92.8 Å². The van der Waals surface area contributed by atoms with Crippen LogP contribution in [-0.4, -0.2) is 41.2 Å². The lowest BCUT2D eigenvalue weighted by molar-refractivity contribution is -0.159. The summed E-state index contributed by atoms with van der Waals surface area (Å²) in [6.07, 6.45) is 0.741. The summed E-state index contributed by atoms with van der Waals surface area (Å²) in [6, 6.07) is 22.2. The zero-order chi connectivity index (χ0) is 26.6. The summed E-state index contributed by atoms with van der Waals surface area (Å²) in [7, 11) is 0. The van der Waals surface area contributed by atoms with Gasteiger partial charge in [0.2, 0.25) is 11.8 Å². The second-order valence-electron chi connectivity index (χ2n) is 10.2. The van der Waals surface area contributed by atoms with Crippen LogP contribution in [0.25, 0.3) is 0 Å². The standard InChI is InChI=1S/C31H28N2O5/c1-3-18-10-4-9-15-23(18)32-24(34)16-38-31(37)17(2)33-29(35)27-25-19-11-5-6-12-20(19)26(28(27)30(33)36)22-14-8-7-13-21(22)25/h4-15,17,25-28H,3,16H2,1-2H3,(H,32,34)/t17-,25?,26?,27+,28+/m0/s1. The number of imide groups is 1. The van der Waals surface area contributed by atoms with E-state index in [4.69, 9.17) is 4.74 Å².